The summed E-state index contributed by atoms with van der Waals surface area (Å²) >= 11 is 0. The van der Waals surface area contributed by atoms with Gasteiger partial charge < -0.3 is 9.47 Å². The topological polar surface area (TPSA) is 36.3 Å². The summed E-state index contributed by atoms with van der Waals surface area (Å²) < 4.78 is 12.4. The normalized spacial score (nSPS) is 9.96. The Labute approximate surface area is 165 Å². The highest BCUT2D eigenvalue weighted by Gasteiger charge is 2.24. The molecule has 1 heterocycles. The largest absolute Gasteiger partial charge is 0.349 e. The van der Waals surface area contributed by atoms with Gasteiger partial charge in [-0.15, -0.1) is 0 Å². The number of benzene rings is 2. The molecule has 0 radical (unpaired) electrons. The van der Waals surface area contributed by atoms with Gasteiger partial charge in [-0.25, -0.2) is 0 Å². The summed E-state index contributed by atoms with van der Waals surface area (Å²) in [5.74, 6) is -0.624. The van der Waals surface area contributed by atoms with Crippen LogP contribution in [0.4, 0.5) is 0 Å². The van der Waals surface area contributed by atoms with Crippen molar-refractivity contribution in [2.24, 2.45) is 7.05 Å². The lowest BCUT2D eigenvalue weighted by molar-refractivity contribution is -0.201. The van der Waals surface area contributed by atoms with Crippen LogP contribution in [0.5, 0.6) is 0 Å². The lowest BCUT2D eigenvalue weighted by atomic mass is 10.1. The number of fused-ring (bicyclic) bond motifs is 1. The van der Waals surface area contributed by atoms with Gasteiger partial charge in [0, 0.05) is 32.2 Å². The van der Waals surface area contributed by atoms with Gasteiger partial charge in [0.05, 0.1) is 11.2 Å². The predicted molar refractivity (Wildman–Crippen MR) is 116 cm³/mol. The van der Waals surface area contributed by atoms with Crippen molar-refractivity contribution in [2.45, 2.75) is 47.3 Å². The van der Waals surface area contributed by atoms with E-state index in [1.165, 1.54) is 10.9 Å². The van der Waals surface area contributed by atoms with Crippen LogP contribution >= 0.6 is 0 Å². The standard InChI is InChI=1S/C10H14O2.C9H10N2.2C2H6/c1-10(11-2,12-3)9-7-5-4-6-8-9;1-7-8-5-3-4-6-9(8)11(2)10-7;2*1-2/h4-8H,1-3H3;3-6H,1-2H3;2*1-2H3. The molecule has 0 bridgehead atoms. The van der Waals surface area contributed by atoms with Crippen molar-refractivity contribution < 1.29 is 9.47 Å². The zero-order valence-corrected chi connectivity index (χ0v) is 18.4. The summed E-state index contributed by atoms with van der Waals surface area (Å²) in [5.41, 5.74) is 3.32. The number of methoxy groups -OCH3 is 2. The Morgan fingerprint density at radius 2 is 1.30 bits per heavy atom. The lowest BCUT2D eigenvalue weighted by Crippen LogP contribution is -2.26. The van der Waals surface area contributed by atoms with Gasteiger partial charge in [0.15, 0.2) is 5.79 Å². The molecule has 0 aliphatic rings. The highest BCUT2D eigenvalue weighted by molar-refractivity contribution is 5.81. The molecule has 1 aromatic heterocycles. The van der Waals surface area contributed by atoms with Gasteiger partial charge in [0.2, 0.25) is 0 Å². The summed E-state index contributed by atoms with van der Waals surface area (Å²) in [6.07, 6.45) is 0. The van der Waals surface area contributed by atoms with Crippen LogP contribution in [0.3, 0.4) is 0 Å². The molecule has 0 fully saturated rings. The number of hydrogen-bond acceptors (Lipinski definition) is 3. The van der Waals surface area contributed by atoms with Crippen molar-refractivity contribution >= 4 is 10.9 Å². The summed E-state index contributed by atoms with van der Waals surface area (Å²) in [6, 6.07) is 18.1. The maximum atomic E-state index is 5.25. The minimum absolute atomic E-state index is 0.624. The van der Waals surface area contributed by atoms with Crippen LogP contribution in [0, 0.1) is 6.92 Å². The average Bonchev–Trinajstić information content (AvgIpc) is 3.05. The van der Waals surface area contributed by atoms with Crippen molar-refractivity contribution in [3.05, 3.63) is 65.9 Å². The molecule has 0 N–H and O–H groups in total. The zero-order valence-electron chi connectivity index (χ0n) is 18.4. The number of aryl methyl sites for hydroxylation is 2. The summed E-state index contributed by atoms with van der Waals surface area (Å²) in [6.45, 7) is 11.9. The minimum Gasteiger partial charge on any atom is -0.349 e. The first kappa shape index (κ1) is 24.8. The zero-order chi connectivity index (χ0) is 20.9. The first-order chi connectivity index (χ1) is 13.0. The van der Waals surface area contributed by atoms with E-state index in [2.05, 4.69) is 17.2 Å². The number of hydrogen-bond donors (Lipinski definition) is 0. The van der Waals surface area contributed by atoms with Crippen LogP contribution in [0.15, 0.2) is 54.6 Å². The van der Waals surface area contributed by atoms with E-state index < -0.39 is 5.79 Å². The Morgan fingerprint density at radius 3 is 1.78 bits per heavy atom. The van der Waals surface area contributed by atoms with Gasteiger partial charge >= 0.3 is 0 Å². The molecular weight excluding hydrogens is 336 g/mol. The Hall–Kier alpha value is -2.17. The molecule has 0 aliphatic heterocycles. The maximum Gasteiger partial charge on any atom is 0.191 e. The second-order valence-corrected chi connectivity index (χ2v) is 5.45. The molecule has 150 valence electrons. The molecule has 0 unspecified atom stereocenters. The highest BCUT2D eigenvalue weighted by atomic mass is 16.7. The fraction of sp³-hybridized carbons (Fsp3) is 0.435. The van der Waals surface area contributed by atoms with E-state index in [1.807, 2.05) is 95.7 Å². The van der Waals surface area contributed by atoms with Gasteiger partial charge in [-0.2, -0.15) is 5.10 Å². The van der Waals surface area contributed by atoms with E-state index in [1.54, 1.807) is 14.2 Å². The molecule has 0 spiro atoms. The number of aromatic nitrogens is 2. The minimum atomic E-state index is -0.624. The van der Waals surface area contributed by atoms with E-state index in [4.69, 9.17) is 9.47 Å². The van der Waals surface area contributed by atoms with Crippen LogP contribution < -0.4 is 0 Å². The molecule has 4 nitrogen and oxygen atoms in total. The van der Waals surface area contributed by atoms with Gasteiger partial charge in [-0.05, 0) is 19.9 Å². The third-order valence-electron chi connectivity index (χ3n) is 4.02. The highest BCUT2D eigenvalue weighted by Crippen LogP contribution is 2.24. The molecule has 2 aromatic carbocycles. The first-order valence-electron chi connectivity index (χ1n) is 9.56. The summed E-state index contributed by atoms with van der Waals surface area (Å²) in [7, 11) is 5.24. The molecule has 0 amide bonds. The molecule has 4 heteroatoms. The van der Waals surface area contributed by atoms with E-state index in [0.29, 0.717) is 0 Å². The van der Waals surface area contributed by atoms with E-state index >= 15 is 0 Å². The molecule has 0 aliphatic carbocycles. The van der Waals surface area contributed by atoms with Gasteiger partial charge in [-0.1, -0.05) is 76.2 Å². The molecule has 0 saturated carbocycles. The Balaban J connectivity index is 0.000000424. The van der Waals surface area contributed by atoms with Crippen LogP contribution in [-0.2, 0) is 22.3 Å². The van der Waals surface area contributed by atoms with Crippen molar-refractivity contribution in [3.8, 4) is 0 Å². The SMILES string of the molecule is CC.CC.COC(C)(OC)c1ccccc1.Cc1nn(C)c2ccccc12. The number of para-hydroxylation sites is 1. The number of nitrogens with zero attached hydrogens (tertiary/aromatic N) is 2. The molecule has 3 rings (SSSR count). The molecule has 27 heavy (non-hydrogen) atoms. The molecule has 0 saturated heterocycles. The third kappa shape index (κ3) is 6.81. The molecule has 3 aromatic rings. The average molecular weight is 373 g/mol. The van der Waals surface area contributed by atoms with Crippen molar-refractivity contribution in [1.82, 2.24) is 9.78 Å². The number of rotatable bonds is 3. The Bertz CT molecular complexity index is 711. The monoisotopic (exact) mass is 372 g/mol. The van der Waals surface area contributed by atoms with Crippen LogP contribution in [0.1, 0.15) is 45.9 Å². The van der Waals surface area contributed by atoms with E-state index in [9.17, 15) is 0 Å². The maximum absolute atomic E-state index is 5.25. The first-order valence-corrected chi connectivity index (χ1v) is 9.56. The summed E-state index contributed by atoms with van der Waals surface area (Å²) in [5, 5.41) is 5.55. The van der Waals surface area contributed by atoms with Crippen LogP contribution in [0.25, 0.3) is 10.9 Å². The number of ether oxygens (including phenoxy) is 2. The van der Waals surface area contributed by atoms with Gasteiger partial charge in [-0.3, -0.25) is 4.68 Å². The Morgan fingerprint density at radius 1 is 0.815 bits per heavy atom. The van der Waals surface area contributed by atoms with Crippen molar-refractivity contribution in [2.75, 3.05) is 14.2 Å². The van der Waals surface area contributed by atoms with Gasteiger partial charge in [0.25, 0.3) is 0 Å². The Kier molecular flexibility index (Phi) is 12.0. The lowest BCUT2D eigenvalue weighted by Gasteiger charge is -2.26. The second-order valence-electron chi connectivity index (χ2n) is 5.45. The van der Waals surface area contributed by atoms with Crippen LogP contribution in [0.2, 0.25) is 0 Å². The fourth-order valence-electron chi connectivity index (χ4n) is 2.45. The smallest absolute Gasteiger partial charge is 0.191 e. The molecular formula is C23H36N2O2. The van der Waals surface area contributed by atoms with E-state index in [0.717, 1.165) is 11.3 Å². The second kappa shape index (κ2) is 13.1. The van der Waals surface area contributed by atoms with E-state index in [-0.39, 0.29) is 0 Å². The predicted octanol–water partition coefficient (Wildman–Crippen LogP) is 6.09. The van der Waals surface area contributed by atoms with Gasteiger partial charge in [0.1, 0.15) is 0 Å². The molecule has 0 atom stereocenters. The third-order valence-corrected chi connectivity index (χ3v) is 4.02. The summed E-state index contributed by atoms with van der Waals surface area (Å²) in [4.78, 5) is 0. The fourth-order valence-corrected chi connectivity index (χ4v) is 2.45. The van der Waals surface area contributed by atoms with Crippen LogP contribution in [-0.4, -0.2) is 24.0 Å². The quantitative estimate of drug-likeness (QED) is 0.522. The van der Waals surface area contributed by atoms with Crippen molar-refractivity contribution in [1.29, 1.82) is 0 Å². The van der Waals surface area contributed by atoms with Crippen molar-refractivity contribution in [3.63, 3.8) is 0 Å².